The number of hydrogen-bond acceptors (Lipinski definition) is 7. The van der Waals surface area contributed by atoms with Crippen LogP contribution in [0, 0.1) is 17.7 Å². The van der Waals surface area contributed by atoms with E-state index in [1.165, 1.54) is 30.5 Å². The van der Waals surface area contributed by atoms with E-state index in [4.69, 9.17) is 9.72 Å². The number of anilines is 2. The van der Waals surface area contributed by atoms with Crippen LogP contribution >= 0.6 is 0 Å². The third-order valence-corrected chi connectivity index (χ3v) is 7.26. The minimum atomic E-state index is -4.27. The maximum absolute atomic E-state index is 14.5. The molecule has 1 aliphatic heterocycles. The summed E-state index contributed by atoms with van der Waals surface area (Å²) < 4.78 is 50.0. The molecular weight excluding hydrogens is 521 g/mol. The summed E-state index contributed by atoms with van der Waals surface area (Å²) in [6.45, 7) is 11.3. The van der Waals surface area contributed by atoms with Crippen molar-refractivity contribution in [3.05, 3.63) is 66.1 Å². The number of nitrogens with zero attached hydrogens (tertiary/aromatic N) is 3. The Morgan fingerprint density at radius 1 is 1.21 bits per heavy atom. The van der Waals surface area contributed by atoms with Crippen LogP contribution in [0.3, 0.4) is 0 Å². The highest BCUT2D eigenvalue weighted by molar-refractivity contribution is 7.91. The molecule has 0 spiro atoms. The summed E-state index contributed by atoms with van der Waals surface area (Å²) >= 11 is 0. The van der Waals surface area contributed by atoms with E-state index in [-0.39, 0.29) is 22.8 Å². The maximum Gasteiger partial charge on any atom is 0.325 e. The fourth-order valence-electron chi connectivity index (χ4n) is 4.77. The van der Waals surface area contributed by atoms with E-state index in [0.717, 1.165) is 6.42 Å². The van der Waals surface area contributed by atoms with Gasteiger partial charge in [-0.25, -0.2) is 19.1 Å². The highest BCUT2D eigenvalue weighted by Crippen LogP contribution is 2.38. The molecule has 1 atom stereocenters. The zero-order chi connectivity index (χ0) is 28.4. The standard InChI is InChI=1S/C28H34FN5O4S/c1-18(2)17-38-22-13-20(12-21(29)14-22)24-10-9-23(26(31-24)34-16-19(3)15-28(34,4)5)27(35)33-39(36,37)32-25-8-6-7-11-30-25/h6-14,18-19H,15-17H2,1-5H3,(H,30,32)(H,33,35)/t19-/m0/s1. The van der Waals surface area contributed by atoms with Crippen LogP contribution in [0.1, 0.15) is 51.4 Å². The number of halogens is 1. The number of nitrogens with one attached hydrogen (secondary N) is 2. The van der Waals surface area contributed by atoms with E-state index in [1.807, 2.05) is 32.6 Å². The third-order valence-electron chi connectivity index (χ3n) is 6.33. The first kappa shape index (κ1) is 28.3. The van der Waals surface area contributed by atoms with Crippen LogP contribution in [0.2, 0.25) is 0 Å². The number of amides is 1. The fourth-order valence-corrected chi connectivity index (χ4v) is 5.57. The zero-order valence-electron chi connectivity index (χ0n) is 22.7. The Balaban J connectivity index is 1.72. The largest absolute Gasteiger partial charge is 0.493 e. The van der Waals surface area contributed by atoms with Gasteiger partial charge in [0, 0.05) is 29.9 Å². The Morgan fingerprint density at radius 2 is 1.97 bits per heavy atom. The molecule has 0 saturated carbocycles. The molecule has 4 rings (SSSR count). The lowest BCUT2D eigenvalue weighted by atomic mass is 9.97. The lowest BCUT2D eigenvalue weighted by Gasteiger charge is -2.34. The van der Waals surface area contributed by atoms with Gasteiger partial charge in [-0.05, 0) is 68.5 Å². The normalized spacial score (nSPS) is 16.8. The number of benzene rings is 1. The molecular formula is C28H34FN5O4S. The molecule has 1 aromatic carbocycles. The summed E-state index contributed by atoms with van der Waals surface area (Å²) in [5, 5.41) is 0. The lowest BCUT2D eigenvalue weighted by Crippen LogP contribution is -2.41. The molecule has 2 N–H and O–H groups in total. The van der Waals surface area contributed by atoms with Gasteiger partial charge in [-0.15, -0.1) is 0 Å². The van der Waals surface area contributed by atoms with Crippen LogP contribution in [0.25, 0.3) is 11.3 Å². The monoisotopic (exact) mass is 555 g/mol. The van der Waals surface area contributed by atoms with Gasteiger partial charge in [-0.3, -0.25) is 9.52 Å². The summed E-state index contributed by atoms with van der Waals surface area (Å²) in [6.07, 6.45) is 2.29. The average Bonchev–Trinajstić information content (AvgIpc) is 3.13. The first-order valence-electron chi connectivity index (χ1n) is 12.8. The predicted octanol–water partition coefficient (Wildman–Crippen LogP) is 5.03. The summed E-state index contributed by atoms with van der Waals surface area (Å²) in [6, 6.07) is 12.2. The molecule has 3 aromatic rings. The van der Waals surface area contributed by atoms with Gasteiger partial charge in [0.15, 0.2) is 0 Å². The summed E-state index contributed by atoms with van der Waals surface area (Å²) in [4.78, 5) is 24.0. The lowest BCUT2D eigenvalue weighted by molar-refractivity contribution is 0.0981. The van der Waals surface area contributed by atoms with Gasteiger partial charge in [0.2, 0.25) is 0 Å². The Labute approximate surface area is 229 Å². The van der Waals surface area contributed by atoms with Crippen LogP contribution in [-0.4, -0.2) is 43.0 Å². The smallest absolute Gasteiger partial charge is 0.325 e. The summed E-state index contributed by atoms with van der Waals surface area (Å²) in [7, 11) is -4.27. The molecule has 1 fully saturated rings. The average molecular weight is 556 g/mol. The molecule has 39 heavy (non-hydrogen) atoms. The Kier molecular flexibility index (Phi) is 8.10. The number of hydrogen-bond donors (Lipinski definition) is 2. The van der Waals surface area contributed by atoms with Crippen molar-refractivity contribution < 1.29 is 22.3 Å². The van der Waals surface area contributed by atoms with Crippen molar-refractivity contribution in [2.45, 2.75) is 46.6 Å². The Bertz CT molecular complexity index is 1450. The molecule has 1 amide bonds. The number of ether oxygens (including phenoxy) is 1. The summed E-state index contributed by atoms with van der Waals surface area (Å²) in [5.74, 6) is 0.0408. The van der Waals surface area contributed by atoms with Gasteiger partial charge in [-0.2, -0.15) is 8.42 Å². The van der Waals surface area contributed by atoms with Gasteiger partial charge in [0.05, 0.1) is 17.9 Å². The predicted molar refractivity (Wildman–Crippen MR) is 149 cm³/mol. The van der Waals surface area contributed by atoms with E-state index in [2.05, 4.69) is 21.4 Å². The molecule has 1 aliphatic rings. The van der Waals surface area contributed by atoms with Crippen LogP contribution in [0.4, 0.5) is 16.0 Å². The molecule has 0 bridgehead atoms. The second-order valence-electron chi connectivity index (χ2n) is 10.9. The molecule has 1 saturated heterocycles. The van der Waals surface area contributed by atoms with Crippen molar-refractivity contribution >= 4 is 27.8 Å². The fraction of sp³-hybridized carbons (Fsp3) is 0.393. The number of aromatic nitrogens is 2. The molecule has 0 unspecified atom stereocenters. The third kappa shape index (κ3) is 7.03. The quantitative estimate of drug-likeness (QED) is 0.381. The van der Waals surface area contributed by atoms with Crippen molar-refractivity contribution in [2.75, 3.05) is 22.8 Å². The van der Waals surface area contributed by atoms with E-state index in [9.17, 15) is 17.6 Å². The van der Waals surface area contributed by atoms with E-state index in [0.29, 0.717) is 41.9 Å². The van der Waals surface area contributed by atoms with Gasteiger partial charge >= 0.3 is 10.2 Å². The first-order valence-corrected chi connectivity index (χ1v) is 14.3. The highest BCUT2D eigenvalue weighted by atomic mass is 32.2. The second-order valence-corrected chi connectivity index (χ2v) is 12.3. The van der Waals surface area contributed by atoms with Gasteiger partial charge in [0.1, 0.15) is 23.2 Å². The van der Waals surface area contributed by atoms with Crippen LogP contribution in [0.15, 0.2) is 54.7 Å². The van der Waals surface area contributed by atoms with Crippen molar-refractivity contribution in [1.82, 2.24) is 14.7 Å². The number of rotatable bonds is 9. The second kappa shape index (κ2) is 11.2. The highest BCUT2D eigenvalue weighted by Gasteiger charge is 2.39. The molecule has 0 aliphatic carbocycles. The molecule has 208 valence electrons. The Morgan fingerprint density at radius 3 is 2.62 bits per heavy atom. The van der Waals surface area contributed by atoms with Crippen LogP contribution in [-0.2, 0) is 10.2 Å². The minimum Gasteiger partial charge on any atom is -0.493 e. The number of carbonyl (C=O) groups is 1. The summed E-state index contributed by atoms with van der Waals surface area (Å²) in [5.41, 5.74) is 0.648. The van der Waals surface area contributed by atoms with E-state index < -0.39 is 21.9 Å². The maximum atomic E-state index is 14.5. The molecule has 3 heterocycles. The van der Waals surface area contributed by atoms with Gasteiger partial charge < -0.3 is 9.64 Å². The van der Waals surface area contributed by atoms with E-state index in [1.54, 1.807) is 24.3 Å². The van der Waals surface area contributed by atoms with Crippen molar-refractivity contribution in [3.63, 3.8) is 0 Å². The zero-order valence-corrected chi connectivity index (χ0v) is 23.5. The van der Waals surface area contributed by atoms with Gasteiger partial charge in [0.25, 0.3) is 5.91 Å². The van der Waals surface area contributed by atoms with Crippen molar-refractivity contribution in [3.8, 4) is 17.0 Å². The number of carbonyl (C=O) groups excluding carboxylic acids is 1. The van der Waals surface area contributed by atoms with Crippen LogP contribution in [0.5, 0.6) is 5.75 Å². The number of pyridine rings is 2. The molecule has 9 nitrogen and oxygen atoms in total. The van der Waals surface area contributed by atoms with Crippen molar-refractivity contribution in [1.29, 1.82) is 0 Å². The SMILES string of the molecule is CC(C)COc1cc(F)cc(-c2ccc(C(=O)NS(=O)(=O)Nc3ccccn3)c(N3C[C@@H](C)CC3(C)C)n2)c1. The topological polar surface area (TPSA) is 114 Å². The Hall–Kier alpha value is -3.73. The molecule has 11 heteroatoms. The minimum absolute atomic E-state index is 0.0718. The van der Waals surface area contributed by atoms with Crippen molar-refractivity contribution in [2.24, 2.45) is 11.8 Å². The van der Waals surface area contributed by atoms with Gasteiger partial charge in [-0.1, -0.05) is 26.8 Å². The van der Waals surface area contributed by atoms with E-state index >= 15 is 0 Å². The molecule has 2 aromatic heterocycles. The molecule has 0 radical (unpaired) electrons. The van der Waals surface area contributed by atoms with Crippen LogP contribution < -0.4 is 19.1 Å². The first-order chi connectivity index (χ1) is 18.3.